The molecule has 7 nitrogen and oxygen atoms in total. The topological polar surface area (TPSA) is 67.6 Å². The van der Waals surface area contributed by atoms with Crippen LogP contribution in [-0.2, 0) is 9.53 Å². The Labute approximate surface area is 239 Å². The lowest BCUT2D eigenvalue weighted by atomic mass is 10.1. The van der Waals surface area contributed by atoms with Gasteiger partial charge in [0.2, 0.25) is 0 Å². The maximum absolute atomic E-state index is 11.3. The van der Waals surface area contributed by atoms with Crippen LogP contribution in [0, 0.1) is 6.57 Å². The van der Waals surface area contributed by atoms with Crippen molar-refractivity contribution in [3.05, 3.63) is 71.1 Å². The van der Waals surface area contributed by atoms with Crippen LogP contribution < -0.4 is 18.9 Å². The second-order valence-electron chi connectivity index (χ2n) is 9.57. The molecule has 216 valence electrons. The van der Waals surface area contributed by atoms with Crippen molar-refractivity contribution in [2.45, 2.75) is 64.7 Å². The van der Waals surface area contributed by atoms with E-state index in [1.807, 2.05) is 30.3 Å². The molecule has 2 aromatic carbocycles. The van der Waals surface area contributed by atoms with Gasteiger partial charge in [-0.25, -0.2) is 9.64 Å². The number of nitrogens with zero attached hydrogens (tertiary/aromatic N) is 1. The van der Waals surface area contributed by atoms with Gasteiger partial charge in [0.15, 0.2) is 28.7 Å². The molecule has 2 aromatic rings. The highest BCUT2D eigenvalue weighted by molar-refractivity contribution is 5.87. The lowest BCUT2D eigenvalue weighted by molar-refractivity contribution is -0.139. The van der Waals surface area contributed by atoms with Crippen LogP contribution in [0.1, 0.15) is 75.8 Å². The molecule has 0 bridgehead atoms. The molecule has 0 aliphatic carbocycles. The number of rotatable bonds is 19. The van der Waals surface area contributed by atoms with Gasteiger partial charge in [-0.1, -0.05) is 63.7 Å². The first-order valence-electron chi connectivity index (χ1n) is 13.9. The molecule has 0 radical (unpaired) electrons. The smallest absolute Gasteiger partial charge is 0.333 e. The SMILES string of the molecule is [C-]#[N+]/C(=C\c1ccc(OCCCCCCCCCCCOC(=O)C(=C)C)c(OC)c1)c1ccc(OC)c(OC)c1. The first kappa shape index (κ1) is 32.3. The van der Waals surface area contributed by atoms with Gasteiger partial charge in [-0.05, 0) is 61.2 Å². The third-order valence-corrected chi connectivity index (χ3v) is 6.42. The second kappa shape index (κ2) is 18.4. The number of benzene rings is 2. The van der Waals surface area contributed by atoms with Gasteiger partial charge < -0.3 is 23.7 Å². The van der Waals surface area contributed by atoms with Crippen molar-refractivity contribution < 1.29 is 28.5 Å². The van der Waals surface area contributed by atoms with Gasteiger partial charge in [0, 0.05) is 5.57 Å². The monoisotopic (exact) mass is 549 g/mol. The van der Waals surface area contributed by atoms with Crippen LogP contribution in [0.15, 0.2) is 48.6 Å². The first-order chi connectivity index (χ1) is 19.4. The Balaban J connectivity index is 1.72. The van der Waals surface area contributed by atoms with Gasteiger partial charge in [-0.3, -0.25) is 0 Å². The van der Waals surface area contributed by atoms with Crippen molar-refractivity contribution in [1.29, 1.82) is 0 Å². The lowest BCUT2D eigenvalue weighted by Crippen LogP contribution is -2.05. The van der Waals surface area contributed by atoms with E-state index in [-0.39, 0.29) is 5.97 Å². The molecule has 0 aromatic heterocycles. The van der Waals surface area contributed by atoms with Crippen LogP contribution in [0.5, 0.6) is 23.0 Å². The Morgan fingerprint density at radius 1 is 0.775 bits per heavy atom. The fourth-order valence-electron chi connectivity index (χ4n) is 4.14. The largest absolute Gasteiger partial charge is 0.493 e. The zero-order valence-electron chi connectivity index (χ0n) is 24.4. The van der Waals surface area contributed by atoms with E-state index in [1.54, 1.807) is 40.4 Å². The number of ether oxygens (including phenoxy) is 5. The van der Waals surface area contributed by atoms with E-state index in [9.17, 15) is 4.79 Å². The summed E-state index contributed by atoms with van der Waals surface area (Å²) >= 11 is 0. The number of carbonyl (C=O) groups excluding carboxylic acids is 1. The molecule has 0 atom stereocenters. The molecule has 0 heterocycles. The normalized spacial score (nSPS) is 10.9. The molecular weight excluding hydrogens is 506 g/mol. The molecule has 0 unspecified atom stereocenters. The fraction of sp³-hybridized carbons (Fsp3) is 0.455. The number of esters is 1. The first-order valence-corrected chi connectivity index (χ1v) is 13.9. The van der Waals surface area contributed by atoms with Crippen molar-refractivity contribution in [3.8, 4) is 23.0 Å². The van der Waals surface area contributed by atoms with Crippen LogP contribution in [0.3, 0.4) is 0 Å². The summed E-state index contributed by atoms with van der Waals surface area (Å²) in [5, 5.41) is 0. The third kappa shape index (κ3) is 11.1. The zero-order valence-corrected chi connectivity index (χ0v) is 24.4. The summed E-state index contributed by atoms with van der Waals surface area (Å²) in [5.74, 6) is 2.23. The average molecular weight is 550 g/mol. The molecule has 7 heteroatoms. The molecule has 0 spiro atoms. The van der Waals surface area contributed by atoms with E-state index in [0.717, 1.165) is 36.8 Å². The molecule has 0 amide bonds. The molecule has 0 fully saturated rings. The number of carbonyl (C=O) groups is 1. The van der Waals surface area contributed by atoms with Gasteiger partial charge in [0.05, 0.1) is 41.1 Å². The van der Waals surface area contributed by atoms with Gasteiger partial charge in [-0.15, -0.1) is 0 Å². The standard InChI is InChI=1S/C33H43NO6/c1-25(2)33(35)40-21-15-13-11-9-7-8-10-12-14-20-39-30-18-16-26(23-31(30)37-5)22-28(34-3)27-17-19-29(36-4)32(24-27)38-6/h16-19,22-24H,1,7-15,20-21H2,2,4-6H3/b28-22-. The molecule has 2 rings (SSSR count). The van der Waals surface area contributed by atoms with E-state index in [0.29, 0.717) is 47.5 Å². The Kier molecular flexibility index (Phi) is 14.8. The van der Waals surface area contributed by atoms with Crippen LogP contribution in [0.25, 0.3) is 16.6 Å². The summed E-state index contributed by atoms with van der Waals surface area (Å²) in [6, 6.07) is 11.1. The van der Waals surface area contributed by atoms with Crippen molar-refractivity contribution in [3.63, 3.8) is 0 Å². The highest BCUT2D eigenvalue weighted by atomic mass is 16.5. The zero-order chi connectivity index (χ0) is 29.2. The molecule has 0 saturated heterocycles. The van der Waals surface area contributed by atoms with Crippen LogP contribution in [0.2, 0.25) is 0 Å². The quantitative estimate of drug-likeness (QED) is 0.0579. The molecule has 0 aliphatic rings. The Bertz CT molecular complexity index is 1160. The minimum atomic E-state index is -0.297. The summed E-state index contributed by atoms with van der Waals surface area (Å²) in [7, 11) is 4.78. The van der Waals surface area contributed by atoms with Gasteiger partial charge >= 0.3 is 5.97 Å². The Hall–Kier alpha value is -3.92. The highest BCUT2D eigenvalue weighted by Gasteiger charge is 2.10. The summed E-state index contributed by atoms with van der Waals surface area (Å²) in [6.45, 7) is 14.0. The van der Waals surface area contributed by atoms with Crippen LogP contribution in [-0.4, -0.2) is 40.5 Å². The summed E-state index contributed by atoms with van der Waals surface area (Å²) in [5.41, 5.74) is 2.53. The molecular formula is C33H43NO6. The summed E-state index contributed by atoms with van der Waals surface area (Å²) in [4.78, 5) is 15.0. The number of hydrogen-bond acceptors (Lipinski definition) is 6. The highest BCUT2D eigenvalue weighted by Crippen LogP contribution is 2.33. The van der Waals surface area contributed by atoms with Crippen molar-refractivity contribution in [2.75, 3.05) is 34.5 Å². The van der Waals surface area contributed by atoms with E-state index in [2.05, 4.69) is 11.4 Å². The number of methoxy groups -OCH3 is 3. The number of unbranched alkanes of at least 4 members (excludes halogenated alkanes) is 8. The molecule has 0 N–H and O–H groups in total. The van der Waals surface area contributed by atoms with Crippen molar-refractivity contribution >= 4 is 17.7 Å². The fourth-order valence-corrected chi connectivity index (χ4v) is 4.14. The maximum atomic E-state index is 11.3. The minimum absolute atomic E-state index is 0.297. The van der Waals surface area contributed by atoms with Crippen LogP contribution >= 0.6 is 0 Å². The predicted octanol–water partition coefficient (Wildman–Crippen LogP) is 8.14. The van der Waals surface area contributed by atoms with Crippen molar-refractivity contribution in [1.82, 2.24) is 0 Å². The van der Waals surface area contributed by atoms with E-state index in [4.69, 9.17) is 30.3 Å². The summed E-state index contributed by atoms with van der Waals surface area (Å²) < 4.78 is 27.3. The minimum Gasteiger partial charge on any atom is -0.493 e. The van der Waals surface area contributed by atoms with Gasteiger partial charge in [-0.2, -0.15) is 0 Å². The van der Waals surface area contributed by atoms with Gasteiger partial charge in [0.1, 0.15) is 0 Å². The number of hydrogen-bond donors (Lipinski definition) is 0. The second-order valence-corrected chi connectivity index (χ2v) is 9.57. The van der Waals surface area contributed by atoms with Crippen molar-refractivity contribution in [2.24, 2.45) is 0 Å². The van der Waals surface area contributed by atoms with Gasteiger partial charge in [0.25, 0.3) is 0 Å². The molecule has 0 aliphatic heterocycles. The van der Waals surface area contributed by atoms with E-state index < -0.39 is 0 Å². The average Bonchev–Trinajstić information content (AvgIpc) is 2.97. The van der Waals surface area contributed by atoms with Crippen LogP contribution in [0.4, 0.5) is 0 Å². The third-order valence-electron chi connectivity index (χ3n) is 6.42. The Morgan fingerprint density at radius 3 is 1.90 bits per heavy atom. The summed E-state index contributed by atoms with van der Waals surface area (Å²) in [6.07, 6.45) is 12.0. The van der Waals surface area contributed by atoms with E-state index >= 15 is 0 Å². The maximum Gasteiger partial charge on any atom is 0.333 e. The molecule has 40 heavy (non-hydrogen) atoms. The molecule has 0 saturated carbocycles. The Morgan fingerprint density at radius 2 is 1.32 bits per heavy atom. The van der Waals surface area contributed by atoms with E-state index in [1.165, 1.54) is 32.1 Å². The lowest BCUT2D eigenvalue weighted by Gasteiger charge is -2.12. The predicted molar refractivity (Wildman–Crippen MR) is 160 cm³/mol.